The van der Waals surface area contributed by atoms with E-state index in [1.807, 2.05) is 7.05 Å². The van der Waals surface area contributed by atoms with Crippen LogP contribution in [0.25, 0.3) is 0 Å². The number of hydrogen-bond donors (Lipinski definition) is 1. The zero-order valence-electron chi connectivity index (χ0n) is 12.8. The van der Waals surface area contributed by atoms with Crippen molar-refractivity contribution in [3.05, 3.63) is 0 Å². The first-order valence-corrected chi connectivity index (χ1v) is 7.61. The second-order valence-corrected chi connectivity index (χ2v) is 5.45. The second kappa shape index (κ2) is 10.1. The fourth-order valence-electron chi connectivity index (χ4n) is 2.62. The summed E-state index contributed by atoms with van der Waals surface area (Å²) in [4.78, 5) is 16.1. The van der Waals surface area contributed by atoms with Gasteiger partial charge in [0.2, 0.25) is 5.91 Å². The van der Waals surface area contributed by atoms with Gasteiger partial charge in [0.1, 0.15) is 0 Å². The molecule has 1 rings (SSSR count). The summed E-state index contributed by atoms with van der Waals surface area (Å²) in [6.07, 6.45) is 3.92. The molecule has 6 heteroatoms. The molecule has 0 aliphatic carbocycles. The van der Waals surface area contributed by atoms with Crippen LogP contribution < -0.4 is 5.32 Å². The molecule has 1 heterocycles. The van der Waals surface area contributed by atoms with Gasteiger partial charge in [-0.25, -0.2) is 0 Å². The van der Waals surface area contributed by atoms with Gasteiger partial charge in [-0.05, 0) is 39.4 Å². The average Bonchev–Trinajstić information content (AvgIpc) is 2.76. The average molecular weight is 291 g/mol. The maximum Gasteiger partial charge on any atom is 0.236 e. The van der Waals surface area contributed by atoms with Crippen LogP contribution in [0.4, 0.5) is 0 Å². The maximum absolute atomic E-state index is 12.3. The molecule has 1 atom stereocenters. The van der Waals surface area contributed by atoms with Crippen LogP contribution in [0.5, 0.6) is 0 Å². The van der Waals surface area contributed by atoms with Crippen LogP contribution in [0.15, 0.2) is 0 Å². The highest BCUT2D eigenvalue weighted by Crippen LogP contribution is 2.12. The van der Waals surface area contributed by atoms with Crippen LogP contribution >= 0.6 is 0 Å². The highest BCUT2D eigenvalue weighted by molar-refractivity contribution is 5.78. The van der Waals surface area contributed by atoms with Crippen molar-refractivity contribution in [2.24, 2.45) is 0 Å². The van der Waals surface area contributed by atoms with Gasteiger partial charge in [0.05, 0.1) is 31.5 Å². The van der Waals surface area contributed by atoms with E-state index >= 15 is 0 Å². The third-order valence-corrected chi connectivity index (χ3v) is 3.89. The van der Waals surface area contributed by atoms with Crippen molar-refractivity contribution in [1.82, 2.24) is 15.1 Å². The number of nitriles is 2. The molecule has 1 N–H and O–H groups in total. The van der Waals surface area contributed by atoms with Crippen molar-refractivity contribution in [1.29, 1.82) is 10.5 Å². The first kappa shape index (κ1) is 17.4. The van der Waals surface area contributed by atoms with Gasteiger partial charge in [-0.1, -0.05) is 0 Å². The van der Waals surface area contributed by atoms with Crippen molar-refractivity contribution in [3.63, 3.8) is 0 Å². The number of rotatable bonds is 7. The van der Waals surface area contributed by atoms with E-state index in [-0.39, 0.29) is 5.91 Å². The van der Waals surface area contributed by atoms with E-state index in [2.05, 4.69) is 22.4 Å². The van der Waals surface area contributed by atoms with Crippen LogP contribution in [-0.2, 0) is 4.79 Å². The smallest absolute Gasteiger partial charge is 0.236 e. The molecule has 1 unspecified atom stereocenters. The summed E-state index contributed by atoms with van der Waals surface area (Å²) < 4.78 is 0. The fourth-order valence-corrected chi connectivity index (χ4v) is 2.62. The predicted octanol–water partition coefficient (Wildman–Crippen LogP) is 0.716. The van der Waals surface area contributed by atoms with E-state index in [9.17, 15) is 4.79 Å². The van der Waals surface area contributed by atoms with E-state index < -0.39 is 0 Å². The lowest BCUT2D eigenvalue weighted by Gasteiger charge is -2.29. The normalized spacial score (nSPS) is 18.6. The van der Waals surface area contributed by atoms with Crippen LogP contribution in [0.2, 0.25) is 0 Å². The van der Waals surface area contributed by atoms with Crippen LogP contribution in [0, 0.1) is 22.7 Å². The molecule has 0 spiro atoms. The quantitative estimate of drug-likeness (QED) is 0.747. The molecule has 0 bridgehead atoms. The third-order valence-electron chi connectivity index (χ3n) is 3.89. The van der Waals surface area contributed by atoms with E-state index in [1.165, 1.54) is 0 Å². The summed E-state index contributed by atoms with van der Waals surface area (Å²) >= 11 is 0. The lowest BCUT2D eigenvalue weighted by Crippen LogP contribution is -2.43. The number of amides is 1. The molecule has 1 amide bonds. The Bertz CT molecular complexity index is 372. The van der Waals surface area contributed by atoms with E-state index in [1.54, 1.807) is 4.90 Å². The topological polar surface area (TPSA) is 83.2 Å². The first-order valence-electron chi connectivity index (χ1n) is 7.61. The molecular weight excluding hydrogens is 266 g/mol. The molecule has 0 aromatic carbocycles. The van der Waals surface area contributed by atoms with Gasteiger partial charge in [0, 0.05) is 19.1 Å². The van der Waals surface area contributed by atoms with Crippen LogP contribution in [0.3, 0.4) is 0 Å². The molecular formula is C15H25N5O. The number of hydrogen-bond acceptors (Lipinski definition) is 5. The first-order chi connectivity index (χ1) is 10.2. The summed E-state index contributed by atoms with van der Waals surface area (Å²) in [7, 11) is 1.99. The molecule has 116 valence electrons. The standard InChI is InChI=1S/C15H25N5O/c1-19(14-5-2-9-18-10-6-14)13-15(21)20(11-3-7-16)12-4-8-17/h14,18H,2-6,9-13H2,1H3. The summed E-state index contributed by atoms with van der Waals surface area (Å²) in [6, 6.07) is 4.54. The molecule has 21 heavy (non-hydrogen) atoms. The molecule has 1 fully saturated rings. The fraction of sp³-hybridized carbons (Fsp3) is 0.800. The molecule has 0 aromatic heterocycles. The van der Waals surface area contributed by atoms with Crippen molar-refractivity contribution in [2.75, 3.05) is 39.8 Å². The van der Waals surface area contributed by atoms with Crippen molar-refractivity contribution in [2.45, 2.75) is 38.1 Å². The molecule has 0 saturated carbocycles. The van der Waals surface area contributed by atoms with E-state index in [4.69, 9.17) is 10.5 Å². The minimum absolute atomic E-state index is 0.0141. The Balaban J connectivity index is 2.49. The van der Waals surface area contributed by atoms with E-state index in [0.29, 0.717) is 38.5 Å². The van der Waals surface area contributed by atoms with Gasteiger partial charge in [0.15, 0.2) is 0 Å². The summed E-state index contributed by atoms with van der Waals surface area (Å²) in [5, 5.41) is 20.7. The minimum atomic E-state index is 0.0141. The van der Waals surface area contributed by atoms with Gasteiger partial charge in [-0.2, -0.15) is 10.5 Å². The van der Waals surface area contributed by atoms with Gasteiger partial charge in [-0.3, -0.25) is 9.69 Å². The Kier molecular flexibility index (Phi) is 8.42. The Hall–Kier alpha value is -1.63. The number of nitrogens with one attached hydrogen (secondary N) is 1. The number of likely N-dealkylation sites (N-methyl/N-ethyl adjacent to an activating group) is 1. The number of carbonyl (C=O) groups is 1. The van der Waals surface area contributed by atoms with Crippen LogP contribution in [-0.4, -0.2) is 61.5 Å². The Labute approximate surface area is 127 Å². The van der Waals surface area contributed by atoms with E-state index in [0.717, 1.165) is 32.4 Å². The maximum atomic E-state index is 12.3. The Morgan fingerprint density at radius 1 is 1.19 bits per heavy atom. The molecule has 1 saturated heterocycles. The summed E-state index contributed by atoms with van der Waals surface area (Å²) in [6.45, 7) is 3.24. The van der Waals surface area contributed by atoms with Crippen molar-refractivity contribution < 1.29 is 4.79 Å². The molecule has 1 aliphatic rings. The monoisotopic (exact) mass is 291 g/mol. The van der Waals surface area contributed by atoms with Crippen molar-refractivity contribution in [3.8, 4) is 12.1 Å². The highest BCUT2D eigenvalue weighted by atomic mass is 16.2. The summed E-state index contributed by atoms with van der Waals surface area (Å²) in [5.41, 5.74) is 0. The molecule has 6 nitrogen and oxygen atoms in total. The second-order valence-electron chi connectivity index (χ2n) is 5.45. The predicted molar refractivity (Wildman–Crippen MR) is 80.2 cm³/mol. The molecule has 1 aliphatic heterocycles. The third kappa shape index (κ3) is 6.57. The zero-order valence-corrected chi connectivity index (χ0v) is 12.8. The zero-order chi connectivity index (χ0) is 15.5. The molecule has 0 aromatic rings. The number of carbonyl (C=O) groups excluding carboxylic acids is 1. The highest BCUT2D eigenvalue weighted by Gasteiger charge is 2.21. The SMILES string of the molecule is CN(CC(=O)N(CCC#N)CCC#N)C1CCCNCC1. The lowest BCUT2D eigenvalue weighted by atomic mass is 10.1. The summed E-state index contributed by atoms with van der Waals surface area (Å²) in [5.74, 6) is 0.0141. The largest absolute Gasteiger partial charge is 0.340 e. The van der Waals surface area contributed by atoms with Gasteiger partial charge >= 0.3 is 0 Å². The van der Waals surface area contributed by atoms with Crippen molar-refractivity contribution >= 4 is 5.91 Å². The van der Waals surface area contributed by atoms with Gasteiger partial charge in [0.25, 0.3) is 0 Å². The van der Waals surface area contributed by atoms with Gasteiger partial charge < -0.3 is 10.2 Å². The van der Waals surface area contributed by atoms with Crippen LogP contribution in [0.1, 0.15) is 32.1 Å². The van der Waals surface area contributed by atoms with Gasteiger partial charge in [-0.15, -0.1) is 0 Å². The minimum Gasteiger partial charge on any atom is -0.340 e. The Morgan fingerprint density at radius 3 is 2.48 bits per heavy atom. The lowest BCUT2D eigenvalue weighted by molar-refractivity contribution is -0.132. The Morgan fingerprint density at radius 2 is 1.86 bits per heavy atom. The molecule has 0 radical (unpaired) electrons. The number of nitrogens with zero attached hydrogens (tertiary/aromatic N) is 4.